The van der Waals surface area contributed by atoms with E-state index in [2.05, 4.69) is 25.2 Å². The lowest BCUT2D eigenvalue weighted by Crippen LogP contribution is -2.12. The van der Waals surface area contributed by atoms with E-state index in [1.807, 2.05) is 29.5 Å². The lowest BCUT2D eigenvalue weighted by atomic mass is 10.1. The summed E-state index contributed by atoms with van der Waals surface area (Å²) < 4.78 is 0. The van der Waals surface area contributed by atoms with E-state index in [-0.39, 0.29) is 5.91 Å². The average molecular weight is 288 g/mol. The Morgan fingerprint density at radius 3 is 2.70 bits per heavy atom. The third-order valence-corrected chi connectivity index (χ3v) is 4.24. The number of carbonyl (C=O) groups excluding carboxylic acids is 1. The Labute approximate surface area is 123 Å². The van der Waals surface area contributed by atoms with Crippen LogP contribution in [0.5, 0.6) is 0 Å². The minimum absolute atomic E-state index is 0.0208. The molecule has 0 aliphatic rings. The summed E-state index contributed by atoms with van der Waals surface area (Å²) in [5.74, 6) is 0.0208. The lowest BCUT2D eigenvalue weighted by molar-refractivity contribution is -0.116. The summed E-state index contributed by atoms with van der Waals surface area (Å²) in [7, 11) is 0. The first-order chi connectivity index (χ1) is 9.56. The summed E-state index contributed by atoms with van der Waals surface area (Å²) in [6.45, 7) is 4.25. The molecule has 0 bridgehead atoms. The van der Waals surface area contributed by atoms with E-state index in [9.17, 15) is 4.79 Å². The number of anilines is 2. The van der Waals surface area contributed by atoms with Gasteiger partial charge in [-0.2, -0.15) is 0 Å². The maximum atomic E-state index is 11.9. The zero-order valence-corrected chi connectivity index (χ0v) is 12.7. The molecule has 1 aromatic carbocycles. The second-order valence-electron chi connectivity index (χ2n) is 4.93. The Balaban J connectivity index is 1.81. The smallest absolute Gasteiger partial charge is 0.224 e. The van der Waals surface area contributed by atoms with Gasteiger partial charge in [-0.05, 0) is 50.5 Å². The first-order valence-electron chi connectivity index (χ1n) is 6.76. The molecule has 0 radical (unpaired) electrons. The van der Waals surface area contributed by atoms with Crippen molar-refractivity contribution in [1.82, 2.24) is 0 Å². The van der Waals surface area contributed by atoms with E-state index in [0.29, 0.717) is 17.8 Å². The van der Waals surface area contributed by atoms with Crippen molar-refractivity contribution in [2.24, 2.45) is 0 Å². The summed E-state index contributed by atoms with van der Waals surface area (Å²) in [6, 6.07) is 9.54. The Morgan fingerprint density at radius 1 is 1.30 bits per heavy atom. The van der Waals surface area contributed by atoms with Crippen LogP contribution in [0.2, 0.25) is 0 Å². The molecule has 1 amide bonds. The molecule has 0 fully saturated rings. The van der Waals surface area contributed by atoms with Crippen molar-refractivity contribution in [2.75, 3.05) is 11.1 Å². The summed E-state index contributed by atoms with van der Waals surface area (Å²) in [4.78, 5) is 14.6. The highest BCUT2D eigenvalue weighted by atomic mass is 32.1. The first-order valence-corrected chi connectivity index (χ1v) is 7.58. The monoisotopic (exact) mass is 288 g/mol. The minimum Gasteiger partial charge on any atom is -0.397 e. The summed E-state index contributed by atoms with van der Waals surface area (Å²) in [5, 5.41) is 2.85. The molecule has 3 N–H and O–H groups in total. The SMILES string of the molecule is Cc1cc(CCCC(=O)Nc2ccccc2N)c(C)s1. The second kappa shape index (κ2) is 6.57. The van der Waals surface area contributed by atoms with Crippen molar-refractivity contribution >= 4 is 28.6 Å². The number of nitrogens with two attached hydrogens (primary N) is 1. The highest BCUT2D eigenvalue weighted by Gasteiger charge is 2.07. The topological polar surface area (TPSA) is 55.1 Å². The van der Waals surface area contributed by atoms with Crippen molar-refractivity contribution in [1.29, 1.82) is 0 Å². The number of nitrogens with one attached hydrogen (secondary N) is 1. The average Bonchev–Trinajstić information content (AvgIpc) is 2.71. The standard InChI is InChI=1S/C16H20N2OS/c1-11-10-13(12(2)20-11)6-5-9-16(19)18-15-8-4-3-7-14(15)17/h3-4,7-8,10H,5-6,9,17H2,1-2H3,(H,18,19). The van der Waals surface area contributed by atoms with Crippen LogP contribution in [0.25, 0.3) is 0 Å². The fourth-order valence-electron chi connectivity index (χ4n) is 2.19. The predicted octanol–water partition coefficient (Wildman–Crippen LogP) is 3.91. The number of hydrogen-bond donors (Lipinski definition) is 2. The van der Waals surface area contributed by atoms with Crippen molar-refractivity contribution < 1.29 is 4.79 Å². The molecular formula is C16H20N2OS. The fourth-order valence-corrected chi connectivity index (χ4v) is 3.17. The molecule has 106 valence electrons. The molecule has 2 aromatic rings. The maximum absolute atomic E-state index is 11.9. The third kappa shape index (κ3) is 3.84. The molecule has 0 aliphatic heterocycles. The van der Waals surface area contributed by atoms with Gasteiger partial charge in [0.25, 0.3) is 0 Å². The van der Waals surface area contributed by atoms with Crippen LogP contribution in [0.1, 0.15) is 28.2 Å². The van der Waals surface area contributed by atoms with E-state index in [1.165, 1.54) is 15.3 Å². The molecule has 1 aromatic heterocycles. The quantitative estimate of drug-likeness (QED) is 0.820. The van der Waals surface area contributed by atoms with Crippen LogP contribution in [0.4, 0.5) is 11.4 Å². The molecular weight excluding hydrogens is 268 g/mol. The van der Waals surface area contributed by atoms with Gasteiger partial charge in [0.2, 0.25) is 5.91 Å². The second-order valence-corrected chi connectivity index (χ2v) is 6.39. The molecule has 1 heterocycles. The van der Waals surface area contributed by atoms with E-state index < -0.39 is 0 Å². The molecule has 0 spiro atoms. The van der Waals surface area contributed by atoms with Gasteiger partial charge in [0.15, 0.2) is 0 Å². The zero-order valence-electron chi connectivity index (χ0n) is 11.9. The van der Waals surface area contributed by atoms with Gasteiger partial charge in [-0.3, -0.25) is 4.79 Å². The van der Waals surface area contributed by atoms with Crippen molar-refractivity contribution in [3.05, 3.63) is 45.6 Å². The van der Waals surface area contributed by atoms with Crippen LogP contribution in [-0.4, -0.2) is 5.91 Å². The van der Waals surface area contributed by atoms with Crippen molar-refractivity contribution in [3.8, 4) is 0 Å². The Kier molecular flexibility index (Phi) is 4.79. The molecule has 2 rings (SSSR count). The number of para-hydroxylation sites is 2. The van der Waals surface area contributed by atoms with Gasteiger partial charge in [-0.15, -0.1) is 11.3 Å². The number of benzene rings is 1. The van der Waals surface area contributed by atoms with Gasteiger partial charge in [0, 0.05) is 16.2 Å². The highest BCUT2D eigenvalue weighted by molar-refractivity contribution is 7.12. The number of carbonyl (C=O) groups is 1. The van der Waals surface area contributed by atoms with E-state index >= 15 is 0 Å². The molecule has 0 aliphatic carbocycles. The Bertz CT molecular complexity index is 604. The third-order valence-electron chi connectivity index (χ3n) is 3.23. The molecule has 4 heteroatoms. The number of rotatable bonds is 5. The molecule has 20 heavy (non-hydrogen) atoms. The van der Waals surface area contributed by atoms with Crippen LogP contribution in [-0.2, 0) is 11.2 Å². The molecule has 0 unspecified atom stereocenters. The first kappa shape index (κ1) is 14.6. The van der Waals surface area contributed by atoms with Gasteiger partial charge in [0.05, 0.1) is 11.4 Å². The normalized spacial score (nSPS) is 10.5. The van der Waals surface area contributed by atoms with Crippen LogP contribution >= 0.6 is 11.3 Å². The predicted molar refractivity (Wildman–Crippen MR) is 86.2 cm³/mol. The van der Waals surface area contributed by atoms with E-state index in [0.717, 1.165) is 12.8 Å². The molecule has 0 saturated carbocycles. The van der Waals surface area contributed by atoms with Crippen LogP contribution in [0.3, 0.4) is 0 Å². The lowest BCUT2D eigenvalue weighted by Gasteiger charge is -2.07. The van der Waals surface area contributed by atoms with Crippen LogP contribution in [0.15, 0.2) is 30.3 Å². The number of nitrogen functional groups attached to an aromatic ring is 1. The molecule has 0 saturated heterocycles. The molecule has 0 atom stereocenters. The van der Waals surface area contributed by atoms with Gasteiger partial charge in [-0.1, -0.05) is 12.1 Å². The molecule has 3 nitrogen and oxygen atoms in total. The van der Waals surface area contributed by atoms with Gasteiger partial charge < -0.3 is 11.1 Å². The summed E-state index contributed by atoms with van der Waals surface area (Å²) in [6.07, 6.45) is 2.33. The number of thiophene rings is 1. The Morgan fingerprint density at radius 2 is 2.05 bits per heavy atom. The van der Waals surface area contributed by atoms with Gasteiger partial charge >= 0.3 is 0 Å². The number of amides is 1. The number of hydrogen-bond acceptors (Lipinski definition) is 3. The largest absolute Gasteiger partial charge is 0.397 e. The summed E-state index contributed by atoms with van der Waals surface area (Å²) >= 11 is 1.82. The van der Waals surface area contributed by atoms with Gasteiger partial charge in [-0.25, -0.2) is 0 Å². The fraction of sp³-hybridized carbons (Fsp3) is 0.312. The number of aryl methyl sites for hydroxylation is 3. The minimum atomic E-state index is 0.0208. The summed E-state index contributed by atoms with van der Waals surface area (Å²) in [5.41, 5.74) is 8.46. The highest BCUT2D eigenvalue weighted by Crippen LogP contribution is 2.22. The zero-order chi connectivity index (χ0) is 14.5. The Hall–Kier alpha value is -1.81. The van der Waals surface area contributed by atoms with Crippen molar-refractivity contribution in [2.45, 2.75) is 33.1 Å². The maximum Gasteiger partial charge on any atom is 0.224 e. The van der Waals surface area contributed by atoms with Gasteiger partial charge in [0.1, 0.15) is 0 Å². The van der Waals surface area contributed by atoms with E-state index in [4.69, 9.17) is 5.73 Å². The van der Waals surface area contributed by atoms with Crippen molar-refractivity contribution in [3.63, 3.8) is 0 Å². The van der Waals surface area contributed by atoms with Crippen LogP contribution in [0, 0.1) is 13.8 Å². The van der Waals surface area contributed by atoms with E-state index in [1.54, 1.807) is 6.07 Å². The van der Waals surface area contributed by atoms with Crippen LogP contribution < -0.4 is 11.1 Å².